The van der Waals surface area contributed by atoms with E-state index in [1.165, 1.54) is 31.2 Å². The number of carbonyl (C=O) groups excluding carboxylic acids is 2. The van der Waals surface area contributed by atoms with E-state index in [1.54, 1.807) is 24.3 Å². The fourth-order valence-electron chi connectivity index (χ4n) is 3.90. The number of phenols is 2. The number of ketones is 1. The van der Waals surface area contributed by atoms with Gasteiger partial charge in [-0.05, 0) is 37.3 Å². The quantitative estimate of drug-likeness (QED) is 0.456. The third-order valence-corrected chi connectivity index (χ3v) is 5.30. The van der Waals surface area contributed by atoms with Gasteiger partial charge in [0.15, 0.2) is 5.60 Å². The number of fused-ring (bicyclic) bond motifs is 6. The zero-order valence-electron chi connectivity index (χ0n) is 17.3. The standard InChI is InChI=1S/C20H12O5.C6H8O/c21-11-5-7-15-17(9-11)24-18-10-12(22)6-8-16(18)20(15)14-4-2-1-3-13(14)19(23)25-20;1-3-4-5-6(2)7/h1-10,21-22H;1H,4-5H2,2H3. The Labute approximate surface area is 185 Å². The molecule has 0 aromatic heterocycles. The van der Waals surface area contributed by atoms with E-state index < -0.39 is 11.6 Å². The van der Waals surface area contributed by atoms with Crippen LogP contribution in [0.25, 0.3) is 0 Å². The van der Waals surface area contributed by atoms with Crippen molar-refractivity contribution in [2.75, 3.05) is 0 Å². The predicted molar refractivity (Wildman–Crippen MR) is 117 cm³/mol. The molecule has 0 saturated heterocycles. The molecule has 2 aliphatic heterocycles. The number of aromatic hydroxyl groups is 2. The molecule has 2 heterocycles. The van der Waals surface area contributed by atoms with E-state index in [4.69, 9.17) is 15.9 Å². The first-order valence-electron chi connectivity index (χ1n) is 9.97. The van der Waals surface area contributed by atoms with E-state index >= 15 is 0 Å². The summed E-state index contributed by atoms with van der Waals surface area (Å²) in [6, 6.07) is 16.6. The number of ether oxygens (including phenoxy) is 2. The lowest BCUT2D eigenvalue weighted by Gasteiger charge is -2.36. The number of phenolic OH excluding ortho intramolecular Hbond substituents is 2. The Morgan fingerprint density at radius 3 is 2.09 bits per heavy atom. The highest BCUT2D eigenvalue weighted by Gasteiger charge is 2.53. The van der Waals surface area contributed by atoms with Crippen LogP contribution in [0.1, 0.15) is 46.8 Å². The summed E-state index contributed by atoms with van der Waals surface area (Å²) in [7, 11) is 0. The lowest BCUT2D eigenvalue weighted by molar-refractivity contribution is -0.116. The highest BCUT2D eigenvalue weighted by Crippen LogP contribution is 2.56. The largest absolute Gasteiger partial charge is 0.508 e. The average Bonchev–Trinajstić information content (AvgIpc) is 3.05. The second-order valence-electron chi connectivity index (χ2n) is 7.49. The Kier molecular flexibility index (Phi) is 5.33. The maximum Gasteiger partial charge on any atom is 0.340 e. The topological polar surface area (TPSA) is 93.1 Å². The van der Waals surface area contributed by atoms with Gasteiger partial charge in [-0.15, -0.1) is 12.3 Å². The SMILES string of the molecule is C#CCCC(C)=O.O=C1OC2(c3ccc(O)cc3Oc3cc(O)ccc32)c2ccccc21. The lowest BCUT2D eigenvalue weighted by atomic mass is 9.77. The molecule has 2 aliphatic rings. The first-order valence-corrected chi connectivity index (χ1v) is 9.97. The molecule has 0 atom stereocenters. The maximum absolute atomic E-state index is 12.5. The van der Waals surface area contributed by atoms with Crippen molar-refractivity contribution in [3.63, 3.8) is 0 Å². The normalized spacial score (nSPS) is 13.9. The second-order valence-corrected chi connectivity index (χ2v) is 7.49. The lowest BCUT2D eigenvalue weighted by Crippen LogP contribution is -2.32. The summed E-state index contributed by atoms with van der Waals surface area (Å²) < 4.78 is 11.8. The molecule has 1 spiro atoms. The van der Waals surface area contributed by atoms with E-state index in [1.807, 2.05) is 12.1 Å². The van der Waals surface area contributed by atoms with Gasteiger partial charge >= 0.3 is 5.97 Å². The van der Waals surface area contributed by atoms with Gasteiger partial charge in [0.1, 0.15) is 28.8 Å². The molecule has 3 aromatic carbocycles. The number of rotatable bonds is 2. The van der Waals surface area contributed by atoms with Gasteiger partial charge < -0.3 is 19.7 Å². The Bertz CT molecular complexity index is 1220. The van der Waals surface area contributed by atoms with Gasteiger partial charge in [-0.1, -0.05) is 18.2 Å². The molecule has 6 heteroatoms. The van der Waals surface area contributed by atoms with Crippen molar-refractivity contribution >= 4 is 11.8 Å². The van der Waals surface area contributed by atoms with Crippen molar-refractivity contribution in [1.29, 1.82) is 0 Å². The molecular formula is C26H20O6. The molecule has 0 aliphatic carbocycles. The molecule has 0 unspecified atom stereocenters. The molecule has 32 heavy (non-hydrogen) atoms. The van der Waals surface area contributed by atoms with Crippen molar-refractivity contribution < 1.29 is 29.3 Å². The van der Waals surface area contributed by atoms with Crippen LogP contribution in [0, 0.1) is 12.3 Å². The summed E-state index contributed by atoms with van der Waals surface area (Å²) in [6.07, 6.45) is 5.98. The van der Waals surface area contributed by atoms with E-state index in [-0.39, 0.29) is 17.3 Å². The fourth-order valence-corrected chi connectivity index (χ4v) is 3.90. The minimum atomic E-state index is -1.17. The van der Waals surface area contributed by atoms with Gasteiger partial charge in [0.2, 0.25) is 0 Å². The second kappa shape index (κ2) is 8.12. The third-order valence-electron chi connectivity index (χ3n) is 5.30. The molecule has 0 radical (unpaired) electrons. The molecule has 3 aromatic rings. The number of hydrogen-bond donors (Lipinski definition) is 2. The van der Waals surface area contributed by atoms with E-state index in [2.05, 4.69) is 5.92 Å². The molecule has 5 rings (SSSR count). The van der Waals surface area contributed by atoms with Gasteiger partial charge in [0.05, 0.1) is 5.56 Å². The van der Waals surface area contributed by atoms with Crippen LogP contribution in [0.3, 0.4) is 0 Å². The fraction of sp³-hybridized carbons (Fsp3) is 0.154. The monoisotopic (exact) mass is 428 g/mol. The van der Waals surface area contributed by atoms with Crippen molar-refractivity contribution in [2.45, 2.75) is 25.4 Å². The summed E-state index contributed by atoms with van der Waals surface area (Å²) in [5, 5.41) is 19.7. The average molecular weight is 428 g/mol. The Morgan fingerprint density at radius 2 is 1.56 bits per heavy atom. The first-order chi connectivity index (χ1) is 15.4. The Morgan fingerprint density at radius 1 is 0.969 bits per heavy atom. The number of terminal acetylenes is 1. The number of hydrogen-bond acceptors (Lipinski definition) is 6. The van der Waals surface area contributed by atoms with Crippen LogP contribution in [0.4, 0.5) is 0 Å². The van der Waals surface area contributed by atoms with Crippen LogP contribution in [-0.4, -0.2) is 22.0 Å². The van der Waals surface area contributed by atoms with Crippen LogP contribution in [0.15, 0.2) is 60.7 Å². The number of Topliss-reactive ketones (excluding diaryl/α,β-unsaturated/α-hetero) is 1. The van der Waals surface area contributed by atoms with Crippen molar-refractivity contribution in [3.8, 4) is 35.3 Å². The number of esters is 1. The molecule has 2 N–H and O–H groups in total. The van der Waals surface area contributed by atoms with Gasteiger partial charge in [-0.25, -0.2) is 4.79 Å². The summed E-state index contributed by atoms with van der Waals surface area (Å²) in [6.45, 7) is 1.54. The number of benzene rings is 3. The van der Waals surface area contributed by atoms with E-state index in [0.29, 0.717) is 46.6 Å². The van der Waals surface area contributed by atoms with Gasteiger partial charge in [0.25, 0.3) is 0 Å². The van der Waals surface area contributed by atoms with Crippen LogP contribution in [-0.2, 0) is 15.1 Å². The predicted octanol–water partition coefficient (Wildman–Crippen LogP) is 4.65. The van der Waals surface area contributed by atoms with Crippen LogP contribution in [0.2, 0.25) is 0 Å². The third kappa shape index (κ3) is 3.44. The van der Waals surface area contributed by atoms with Gasteiger partial charge in [0, 0.05) is 41.7 Å². The minimum absolute atomic E-state index is 0.0371. The van der Waals surface area contributed by atoms with Crippen molar-refractivity contribution in [3.05, 3.63) is 82.9 Å². The molecule has 0 saturated carbocycles. The zero-order valence-corrected chi connectivity index (χ0v) is 17.3. The first kappa shape index (κ1) is 21.0. The molecular weight excluding hydrogens is 408 g/mol. The van der Waals surface area contributed by atoms with Gasteiger partial charge in [-0.2, -0.15) is 0 Å². The van der Waals surface area contributed by atoms with Crippen molar-refractivity contribution in [1.82, 2.24) is 0 Å². The van der Waals surface area contributed by atoms with E-state index in [9.17, 15) is 19.8 Å². The summed E-state index contributed by atoms with van der Waals surface area (Å²) in [5.74, 6) is 2.95. The Balaban J connectivity index is 0.000000307. The molecule has 0 fully saturated rings. The highest BCUT2D eigenvalue weighted by atomic mass is 16.6. The van der Waals surface area contributed by atoms with Crippen molar-refractivity contribution in [2.24, 2.45) is 0 Å². The van der Waals surface area contributed by atoms with E-state index in [0.717, 1.165) is 0 Å². The summed E-state index contributed by atoms with van der Waals surface area (Å²) in [4.78, 5) is 22.6. The van der Waals surface area contributed by atoms with Crippen LogP contribution < -0.4 is 4.74 Å². The van der Waals surface area contributed by atoms with Crippen LogP contribution >= 0.6 is 0 Å². The summed E-state index contributed by atoms with van der Waals surface area (Å²) in [5.41, 5.74) is 1.28. The highest BCUT2D eigenvalue weighted by molar-refractivity contribution is 5.97. The van der Waals surface area contributed by atoms with Gasteiger partial charge in [-0.3, -0.25) is 4.79 Å². The Hall–Kier alpha value is -4.24. The molecule has 160 valence electrons. The zero-order chi connectivity index (χ0) is 22.9. The smallest absolute Gasteiger partial charge is 0.340 e. The summed E-state index contributed by atoms with van der Waals surface area (Å²) >= 11 is 0. The molecule has 6 nitrogen and oxygen atoms in total. The van der Waals surface area contributed by atoms with Crippen LogP contribution in [0.5, 0.6) is 23.0 Å². The maximum atomic E-state index is 12.5. The minimum Gasteiger partial charge on any atom is -0.508 e. The molecule has 0 bridgehead atoms. The number of carbonyl (C=O) groups is 2. The molecule has 0 amide bonds.